The summed E-state index contributed by atoms with van der Waals surface area (Å²) >= 11 is 0. The molecule has 5 nitrogen and oxygen atoms in total. The minimum Gasteiger partial charge on any atom is -0.466 e. The summed E-state index contributed by atoms with van der Waals surface area (Å²) in [7, 11) is 0. The fourth-order valence-corrected chi connectivity index (χ4v) is 1.41. The minimum absolute atomic E-state index is 0.125. The van der Waals surface area contributed by atoms with Crippen LogP contribution in [0.4, 0.5) is 0 Å². The first-order valence-corrected chi connectivity index (χ1v) is 4.72. The normalized spacial score (nSPS) is 17.4. The van der Waals surface area contributed by atoms with E-state index in [9.17, 15) is 4.79 Å². The summed E-state index contributed by atoms with van der Waals surface area (Å²) in [5.74, 6) is 0.734. The minimum atomic E-state index is -0.345. The lowest BCUT2D eigenvalue weighted by atomic mass is 10.0. The van der Waals surface area contributed by atoms with Crippen LogP contribution in [0, 0.1) is 6.92 Å². The first-order chi connectivity index (χ1) is 7.58. The molecule has 0 unspecified atom stereocenters. The number of carbonyl (C=O) groups excluding carboxylic acids is 3. The fraction of sp³-hybridized carbons (Fsp3) is 0.364. The maximum Gasteiger partial charge on any atom is 0.373 e. The molecule has 84 valence electrons. The number of Topliss-reactive ketones (excluding diaryl/α,β-unsaturated/α-hetero) is 1. The SMILES string of the molecule is Cc1cnc2c(c1)CC(=O)[C@H](C)O2.O=C=O. The summed E-state index contributed by atoms with van der Waals surface area (Å²) < 4.78 is 5.34. The van der Waals surface area contributed by atoms with Crippen LogP contribution in [0.1, 0.15) is 18.1 Å². The molecule has 1 aromatic rings. The molecule has 5 heteroatoms. The molecule has 0 fully saturated rings. The molecule has 0 aliphatic carbocycles. The standard InChI is InChI=1S/C10H11NO2.CO2/c1-6-3-8-4-9(12)7(2)13-10(8)11-5-6;2-1-3/h3,5,7H,4H2,1-2H3;/t7-;/m0./s1. The third kappa shape index (κ3) is 2.74. The van der Waals surface area contributed by atoms with Gasteiger partial charge >= 0.3 is 6.15 Å². The average Bonchev–Trinajstić information content (AvgIpc) is 2.21. The number of pyridine rings is 1. The predicted octanol–water partition coefficient (Wildman–Crippen LogP) is 0.699. The molecule has 2 heterocycles. The molecule has 0 aromatic carbocycles. The predicted molar refractivity (Wildman–Crippen MR) is 52.8 cm³/mol. The quantitative estimate of drug-likeness (QED) is 0.644. The van der Waals surface area contributed by atoms with Crippen LogP contribution in [0.3, 0.4) is 0 Å². The van der Waals surface area contributed by atoms with Gasteiger partial charge in [-0.25, -0.2) is 4.98 Å². The van der Waals surface area contributed by atoms with Crippen molar-refractivity contribution in [2.45, 2.75) is 26.4 Å². The van der Waals surface area contributed by atoms with Crippen LogP contribution in [-0.4, -0.2) is 23.0 Å². The summed E-state index contributed by atoms with van der Waals surface area (Å²) in [6.45, 7) is 3.71. The molecule has 0 amide bonds. The first-order valence-electron chi connectivity index (χ1n) is 4.72. The number of carbonyl (C=O) groups is 1. The van der Waals surface area contributed by atoms with E-state index < -0.39 is 0 Å². The van der Waals surface area contributed by atoms with E-state index in [1.807, 2.05) is 13.0 Å². The molecular weight excluding hydrogens is 210 g/mol. The highest BCUT2D eigenvalue weighted by Crippen LogP contribution is 2.23. The number of ether oxygens (including phenoxy) is 1. The topological polar surface area (TPSA) is 73.3 Å². The van der Waals surface area contributed by atoms with Gasteiger partial charge in [0.25, 0.3) is 0 Å². The summed E-state index contributed by atoms with van der Waals surface area (Å²) in [6.07, 6.45) is 2.11. The van der Waals surface area contributed by atoms with Crippen LogP contribution in [0.2, 0.25) is 0 Å². The van der Waals surface area contributed by atoms with E-state index in [1.165, 1.54) is 0 Å². The maximum absolute atomic E-state index is 11.3. The van der Waals surface area contributed by atoms with Gasteiger partial charge in [0.1, 0.15) is 0 Å². The number of aromatic nitrogens is 1. The van der Waals surface area contributed by atoms with Crippen LogP contribution in [-0.2, 0) is 20.8 Å². The molecule has 0 radical (unpaired) electrons. The number of nitrogens with zero attached hydrogens (tertiary/aromatic N) is 1. The van der Waals surface area contributed by atoms with Crippen LogP contribution in [0.15, 0.2) is 12.3 Å². The van der Waals surface area contributed by atoms with Gasteiger partial charge in [-0.3, -0.25) is 4.79 Å². The molecule has 0 spiro atoms. The van der Waals surface area contributed by atoms with E-state index in [4.69, 9.17) is 14.3 Å². The third-order valence-corrected chi connectivity index (χ3v) is 2.17. The van der Waals surface area contributed by atoms with E-state index in [1.54, 1.807) is 13.1 Å². The van der Waals surface area contributed by atoms with Gasteiger partial charge in [-0.05, 0) is 25.5 Å². The van der Waals surface area contributed by atoms with Crippen molar-refractivity contribution < 1.29 is 19.1 Å². The summed E-state index contributed by atoms with van der Waals surface area (Å²) in [4.78, 5) is 31.7. The zero-order valence-corrected chi connectivity index (χ0v) is 9.02. The van der Waals surface area contributed by atoms with Crippen molar-refractivity contribution in [2.75, 3.05) is 0 Å². The smallest absolute Gasteiger partial charge is 0.373 e. The Bertz CT molecular complexity index is 436. The van der Waals surface area contributed by atoms with Gasteiger partial charge < -0.3 is 4.74 Å². The van der Waals surface area contributed by atoms with Gasteiger partial charge in [0.05, 0.1) is 0 Å². The van der Waals surface area contributed by atoms with Crippen molar-refractivity contribution in [2.24, 2.45) is 0 Å². The number of hydrogen-bond acceptors (Lipinski definition) is 5. The lowest BCUT2D eigenvalue weighted by molar-refractivity contribution is -0.191. The third-order valence-electron chi connectivity index (χ3n) is 2.17. The first kappa shape index (κ1) is 12.1. The van der Waals surface area contributed by atoms with E-state index >= 15 is 0 Å². The lowest BCUT2D eigenvalue weighted by Gasteiger charge is -2.20. The number of rotatable bonds is 0. The van der Waals surface area contributed by atoms with E-state index in [-0.39, 0.29) is 18.0 Å². The number of fused-ring (bicyclic) bond motifs is 1. The monoisotopic (exact) mass is 221 g/mol. The Hall–Kier alpha value is -2.00. The van der Waals surface area contributed by atoms with Gasteiger partial charge in [-0.1, -0.05) is 0 Å². The van der Waals surface area contributed by atoms with Gasteiger partial charge in [0, 0.05) is 18.2 Å². The van der Waals surface area contributed by atoms with Crippen molar-refractivity contribution >= 4 is 11.9 Å². The molecule has 1 atom stereocenters. The van der Waals surface area contributed by atoms with Gasteiger partial charge in [0.15, 0.2) is 11.9 Å². The second kappa shape index (κ2) is 5.19. The Labute approximate surface area is 92.4 Å². The van der Waals surface area contributed by atoms with Crippen LogP contribution < -0.4 is 4.74 Å². The van der Waals surface area contributed by atoms with Crippen LogP contribution in [0.5, 0.6) is 5.88 Å². The zero-order chi connectivity index (χ0) is 12.1. The molecule has 0 bridgehead atoms. The molecule has 0 saturated heterocycles. The van der Waals surface area contributed by atoms with Gasteiger partial charge in [-0.15, -0.1) is 0 Å². The number of ketones is 1. The molecule has 0 saturated carbocycles. The Morgan fingerprint density at radius 1 is 1.50 bits per heavy atom. The molecule has 1 aliphatic rings. The van der Waals surface area contributed by atoms with Crippen molar-refractivity contribution in [3.05, 3.63) is 23.4 Å². The molecule has 1 aromatic heterocycles. The average molecular weight is 221 g/mol. The molecule has 1 aliphatic heterocycles. The highest BCUT2D eigenvalue weighted by atomic mass is 16.5. The Balaban J connectivity index is 0.000000386. The second-order valence-electron chi connectivity index (χ2n) is 3.46. The van der Waals surface area contributed by atoms with E-state index in [2.05, 4.69) is 4.98 Å². The molecule has 16 heavy (non-hydrogen) atoms. The van der Waals surface area contributed by atoms with Gasteiger partial charge in [0.2, 0.25) is 5.88 Å². The van der Waals surface area contributed by atoms with Gasteiger partial charge in [-0.2, -0.15) is 9.59 Å². The Morgan fingerprint density at radius 2 is 2.12 bits per heavy atom. The molecule has 2 rings (SSSR count). The lowest BCUT2D eigenvalue weighted by Crippen LogP contribution is -2.30. The Morgan fingerprint density at radius 3 is 2.75 bits per heavy atom. The second-order valence-corrected chi connectivity index (χ2v) is 3.46. The van der Waals surface area contributed by atoms with E-state index in [0.717, 1.165) is 11.1 Å². The maximum atomic E-state index is 11.3. The highest BCUT2D eigenvalue weighted by Gasteiger charge is 2.24. The van der Waals surface area contributed by atoms with Crippen LogP contribution in [0.25, 0.3) is 0 Å². The number of aryl methyl sites for hydroxylation is 1. The van der Waals surface area contributed by atoms with Crippen LogP contribution >= 0.6 is 0 Å². The largest absolute Gasteiger partial charge is 0.466 e. The Kier molecular flexibility index (Phi) is 3.91. The summed E-state index contributed by atoms with van der Waals surface area (Å²) in [5, 5.41) is 0. The fourth-order valence-electron chi connectivity index (χ4n) is 1.41. The highest BCUT2D eigenvalue weighted by molar-refractivity contribution is 5.87. The van der Waals surface area contributed by atoms with E-state index in [0.29, 0.717) is 12.3 Å². The summed E-state index contributed by atoms with van der Waals surface area (Å²) in [6, 6.07) is 1.95. The van der Waals surface area contributed by atoms with Crippen molar-refractivity contribution in [1.82, 2.24) is 4.98 Å². The number of hydrogen-bond donors (Lipinski definition) is 0. The summed E-state index contributed by atoms with van der Waals surface area (Å²) in [5.41, 5.74) is 1.97. The molecular formula is C11H11NO4. The van der Waals surface area contributed by atoms with Crippen molar-refractivity contribution in [3.8, 4) is 5.88 Å². The zero-order valence-electron chi connectivity index (χ0n) is 9.02. The van der Waals surface area contributed by atoms with Crippen molar-refractivity contribution in [3.63, 3.8) is 0 Å². The molecule has 0 N–H and O–H groups in total. The van der Waals surface area contributed by atoms with Crippen molar-refractivity contribution in [1.29, 1.82) is 0 Å².